The van der Waals surface area contributed by atoms with Crippen LogP contribution >= 0.6 is 0 Å². The van der Waals surface area contributed by atoms with Crippen LogP contribution in [0.25, 0.3) is 0 Å². The smallest absolute Gasteiger partial charge is 0.246 e. The number of hydrogen-bond acceptors (Lipinski definition) is 26. The van der Waals surface area contributed by atoms with E-state index in [0.29, 0.717) is 18.4 Å². The molecule has 0 bridgehead atoms. The Kier molecular flexibility index (Phi) is 51.8. The minimum absolute atomic E-state index is 0.0135. The molecule has 0 spiro atoms. The van der Waals surface area contributed by atoms with Crippen LogP contribution in [0.3, 0.4) is 0 Å². The van der Waals surface area contributed by atoms with Gasteiger partial charge in [-0.2, -0.15) is 0 Å². The van der Waals surface area contributed by atoms with E-state index in [1.54, 1.807) is 74.5 Å². The lowest BCUT2D eigenvalue weighted by molar-refractivity contribution is -0.138. The summed E-state index contributed by atoms with van der Waals surface area (Å²) in [6.45, 7) is 6.77. The van der Waals surface area contributed by atoms with Crippen LogP contribution in [-0.4, -0.2) is 277 Å². The maximum atomic E-state index is 14.6. The summed E-state index contributed by atoms with van der Waals surface area (Å²) in [4.78, 5) is 257. The zero-order valence-electron chi connectivity index (χ0n) is 74.4. The van der Waals surface area contributed by atoms with Crippen molar-refractivity contribution in [2.75, 3.05) is 52.4 Å². The molecule has 0 aliphatic rings. The van der Waals surface area contributed by atoms with Gasteiger partial charge in [-0.3, -0.25) is 102 Å². The Morgan fingerprint density at radius 3 is 1.27 bits per heavy atom. The number of carbonyl (C=O) groups excluding carboxylic acids is 19. The fourth-order valence-corrected chi connectivity index (χ4v) is 12.4. The van der Waals surface area contributed by atoms with Gasteiger partial charge in [0.1, 0.15) is 78.0 Å². The maximum Gasteiger partial charge on any atom is 0.246 e. The number of hydrogen-bond donors (Lipinski definition) is 30. The number of unbranched alkanes of at least 4 members (excludes halogenated alkanes) is 2. The minimum atomic E-state index is -1.98. The van der Waals surface area contributed by atoms with E-state index in [1.165, 1.54) is 27.7 Å². The molecule has 0 saturated carbocycles. The van der Waals surface area contributed by atoms with Gasteiger partial charge in [0.15, 0.2) is 11.9 Å². The molecule has 15 atom stereocenters. The second-order valence-corrected chi connectivity index (χ2v) is 31.6. The molecule has 1 unspecified atom stereocenters. The molecule has 0 saturated heterocycles. The SMILES string of the molecule is CCC(C)(NC(=O)[C@H](CO)NC(=O)[C@H](CCCCN)NC(=O)[C@H](CCCNC(=N)N)NC(=O)[C@H](C)NC(=O)CNC(=O)[C@@H](NC(=O)[C@H](Cc1ccccc1)NC(=O)CNC(=O)CNC(=O)[C@@H](N)Cc1ccccc1)[C@@H](C)O)C(=O)N[C@@H](CCCNC(=N)N)C(=O)N[C@@H](CCCCN)C(=O)N[C@@H](CC(C)C)C(=O)N[C@@H](C)C(=O)N[C@@H](CC(N)=O)C(=O)N[C@@H](CCC(N)=O)C(N)=O. The number of primary amides is 3. The monoisotopic (exact) mass is 1840 g/mol. The molecule has 724 valence electrons. The van der Waals surface area contributed by atoms with E-state index < -0.39 is 247 Å². The van der Waals surface area contributed by atoms with Crippen molar-refractivity contribution in [3.05, 3.63) is 71.8 Å². The molecule has 0 fully saturated rings. The summed E-state index contributed by atoms with van der Waals surface area (Å²) in [5.41, 5.74) is 43.9. The van der Waals surface area contributed by atoms with Crippen LogP contribution in [0, 0.1) is 16.7 Å². The Labute approximate surface area is 752 Å². The fraction of sp³-hybridized carbons (Fsp3) is 0.593. The lowest BCUT2D eigenvalue weighted by Crippen LogP contribution is -2.64. The highest BCUT2D eigenvalue weighted by Crippen LogP contribution is 2.16. The van der Waals surface area contributed by atoms with Gasteiger partial charge >= 0.3 is 0 Å². The summed E-state index contributed by atoms with van der Waals surface area (Å²) in [6.07, 6.45) is -2.97. The van der Waals surface area contributed by atoms with Gasteiger partial charge in [0.2, 0.25) is 112 Å². The van der Waals surface area contributed by atoms with Gasteiger partial charge < -0.3 is 152 Å². The molecule has 2 aromatic carbocycles. The zero-order valence-corrected chi connectivity index (χ0v) is 74.4. The zero-order chi connectivity index (χ0) is 97.9. The molecular formula is C81H134N28O21. The Morgan fingerprint density at radius 1 is 0.400 bits per heavy atom. The average Bonchev–Trinajstić information content (AvgIpc) is 0.822. The Morgan fingerprint density at radius 2 is 0.808 bits per heavy atom. The summed E-state index contributed by atoms with van der Waals surface area (Å²) in [5, 5.41) is 80.9. The number of amides is 19. The van der Waals surface area contributed by atoms with E-state index in [2.05, 4.69) is 95.7 Å². The van der Waals surface area contributed by atoms with Crippen molar-refractivity contribution in [3.63, 3.8) is 0 Å². The third-order valence-corrected chi connectivity index (χ3v) is 20.0. The molecule has 0 aromatic heterocycles. The number of rotatable bonds is 63. The van der Waals surface area contributed by atoms with E-state index in [1.807, 2.05) is 0 Å². The van der Waals surface area contributed by atoms with Gasteiger partial charge in [0.25, 0.3) is 0 Å². The van der Waals surface area contributed by atoms with Crippen molar-refractivity contribution < 1.29 is 101 Å². The number of nitrogens with two attached hydrogens (primary N) is 8. The normalized spacial score (nSPS) is 14.7. The molecule has 130 heavy (non-hydrogen) atoms. The van der Waals surface area contributed by atoms with E-state index in [4.69, 9.17) is 56.7 Å². The number of benzene rings is 2. The van der Waals surface area contributed by atoms with E-state index >= 15 is 0 Å². The third kappa shape index (κ3) is 44.4. The Hall–Kier alpha value is -13.3. The largest absolute Gasteiger partial charge is 0.394 e. The summed E-state index contributed by atoms with van der Waals surface area (Å²) in [7, 11) is 0. The molecule has 0 heterocycles. The van der Waals surface area contributed by atoms with E-state index in [0.717, 1.165) is 12.5 Å². The lowest BCUT2D eigenvalue weighted by Gasteiger charge is -2.33. The van der Waals surface area contributed by atoms with Crippen molar-refractivity contribution in [2.45, 2.75) is 248 Å². The number of guanidine groups is 2. The average molecular weight is 1840 g/mol. The molecule has 0 aliphatic carbocycles. The highest BCUT2D eigenvalue weighted by Gasteiger charge is 2.41. The molecule has 0 radical (unpaired) electrons. The highest BCUT2D eigenvalue weighted by molar-refractivity contribution is 6.02. The fourth-order valence-electron chi connectivity index (χ4n) is 12.4. The van der Waals surface area contributed by atoms with Gasteiger partial charge in [-0.25, -0.2) is 0 Å². The van der Waals surface area contributed by atoms with Crippen molar-refractivity contribution in [1.82, 2.24) is 95.7 Å². The highest BCUT2D eigenvalue weighted by atomic mass is 16.3. The van der Waals surface area contributed by atoms with Crippen molar-refractivity contribution in [3.8, 4) is 0 Å². The topological polar surface area (TPSA) is 837 Å². The first-order valence-electron chi connectivity index (χ1n) is 42.6. The second-order valence-electron chi connectivity index (χ2n) is 31.6. The summed E-state index contributed by atoms with van der Waals surface area (Å²) >= 11 is 0. The Balaban J connectivity index is 2.36. The Bertz CT molecular complexity index is 4150. The molecule has 2 aromatic rings. The van der Waals surface area contributed by atoms with Gasteiger partial charge in [0, 0.05) is 25.9 Å². The first kappa shape index (κ1) is 113. The molecule has 38 N–H and O–H groups in total. The van der Waals surface area contributed by atoms with E-state index in [9.17, 15) is 101 Å². The first-order chi connectivity index (χ1) is 61.3. The quantitative estimate of drug-likeness (QED) is 0.0166. The number of carbonyl (C=O) groups is 19. The first-order valence-corrected chi connectivity index (χ1v) is 42.6. The molecule has 49 heteroatoms. The van der Waals surface area contributed by atoms with Crippen molar-refractivity contribution in [1.29, 1.82) is 10.8 Å². The van der Waals surface area contributed by atoms with Crippen LogP contribution in [0.1, 0.15) is 156 Å². The second kappa shape index (κ2) is 59.7. The predicted octanol–water partition coefficient (Wildman–Crippen LogP) is -10.9. The van der Waals surface area contributed by atoms with Crippen molar-refractivity contribution >= 4 is 124 Å². The molecule has 19 amide bonds. The van der Waals surface area contributed by atoms with Gasteiger partial charge in [0.05, 0.1) is 44.8 Å². The van der Waals surface area contributed by atoms with Crippen LogP contribution in [0.15, 0.2) is 60.7 Å². The van der Waals surface area contributed by atoms with Gasteiger partial charge in [-0.1, -0.05) is 81.4 Å². The minimum Gasteiger partial charge on any atom is -0.394 e. The van der Waals surface area contributed by atoms with Crippen molar-refractivity contribution in [2.24, 2.45) is 51.8 Å². The predicted molar refractivity (Wildman–Crippen MR) is 472 cm³/mol. The van der Waals surface area contributed by atoms with E-state index in [-0.39, 0.29) is 122 Å². The third-order valence-electron chi connectivity index (χ3n) is 20.0. The molecular weight excluding hydrogens is 1700 g/mol. The maximum absolute atomic E-state index is 14.6. The van der Waals surface area contributed by atoms with Crippen LogP contribution in [0.5, 0.6) is 0 Å². The number of aliphatic hydroxyl groups excluding tert-OH is 2. The summed E-state index contributed by atoms with van der Waals surface area (Å²) in [5.74, 6) is -19.7. The standard InChI is InChI=1S/C81H134N28O21/c1-8-81(7,78(130)107-54(28-20-34-93-80(90)91)72(124)103-51(25-15-17-31-82)70(122)105-55(35-43(2)3)73(125)98-45(5)67(119)104-57(38-60(86)113)74(126)100-50(65(87)117)29-30-59(85)112)109-76(128)58(42-110)106-71(123)52(26-16-18-32-83)102-69(121)53(27-19-33-92-79(88)89)101-66(118)44(4)97-62(115)41-96-77(129)64(46(6)111)108-75(127)56(37-48-23-13-10-14-24-48)99-63(116)40-94-61(114)39-95-68(120)49(84)36-47-21-11-9-12-22-47/h9-14,21-24,43-46,49-58,64,110-111H,8,15-20,25-42,82-84H2,1-7H3,(H2,85,112)(H2,86,113)(H2,87,117)(H,94,114)(H,95,120)(H,96,129)(H,97,115)(H,98,125)(H,99,116)(H,100,126)(H,101,118)(H,102,121)(H,103,124)(H,104,119)(H,105,122)(H,106,123)(H,107,130)(H,108,127)(H,109,128)(H4,88,89,92)(H4,90,91,93)/t44-,45-,46+,49-,50-,51-,52-,53-,54-,55-,56-,57-,58-,64-,81?/m0/s1. The van der Waals surface area contributed by atoms with Gasteiger partial charge in [-0.05, 0) is 148 Å². The van der Waals surface area contributed by atoms with Crippen LogP contribution in [0.4, 0.5) is 0 Å². The van der Waals surface area contributed by atoms with Gasteiger partial charge in [-0.15, -0.1) is 0 Å². The summed E-state index contributed by atoms with van der Waals surface area (Å²) in [6, 6.07) is -2.47. The molecule has 0 aliphatic heterocycles. The number of nitrogens with one attached hydrogen (secondary N) is 20. The van der Waals surface area contributed by atoms with Crippen LogP contribution in [0.2, 0.25) is 0 Å². The van der Waals surface area contributed by atoms with Crippen LogP contribution < -0.4 is 142 Å². The molecule has 49 nitrogen and oxygen atoms in total. The lowest BCUT2D eigenvalue weighted by atomic mass is 9.95. The molecule has 2 rings (SSSR count). The summed E-state index contributed by atoms with van der Waals surface area (Å²) < 4.78 is 0. The van der Waals surface area contributed by atoms with Crippen LogP contribution in [-0.2, 0) is 104 Å². The number of aliphatic hydroxyl groups is 2.